The minimum Gasteiger partial charge on any atom is -0.271 e. The number of hydrazine groups is 1. The summed E-state index contributed by atoms with van der Waals surface area (Å²) >= 11 is 5.30. The molecule has 1 fully saturated rings. The molecule has 0 radical (unpaired) electrons. The van der Waals surface area contributed by atoms with Gasteiger partial charge in [0.05, 0.1) is 0 Å². The topological polar surface area (TPSA) is 38.0 Å². The van der Waals surface area contributed by atoms with Crippen molar-refractivity contribution in [2.75, 3.05) is 5.75 Å². The Hall–Kier alpha value is -0.100. The smallest absolute Gasteiger partial charge is 0.126 e. The van der Waals surface area contributed by atoms with E-state index in [9.17, 15) is 4.39 Å². The van der Waals surface area contributed by atoms with Gasteiger partial charge in [-0.15, -0.1) is 0 Å². The molecule has 1 aliphatic heterocycles. The quantitative estimate of drug-likeness (QED) is 0.662. The van der Waals surface area contributed by atoms with Gasteiger partial charge in [0.15, 0.2) is 0 Å². The Labute approximate surface area is 114 Å². The number of nitrogens with two attached hydrogens (primary N) is 1. The van der Waals surface area contributed by atoms with Crippen molar-refractivity contribution in [2.24, 2.45) is 5.84 Å². The summed E-state index contributed by atoms with van der Waals surface area (Å²) in [6, 6.07) is 5.19. The average Bonchev–Trinajstić information content (AvgIpc) is 2.84. The normalized spacial score (nSPS) is 21.7. The number of hydrogen-bond acceptors (Lipinski definition) is 3. The van der Waals surface area contributed by atoms with Gasteiger partial charge >= 0.3 is 0 Å². The van der Waals surface area contributed by atoms with Gasteiger partial charge in [-0.3, -0.25) is 11.3 Å². The van der Waals surface area contributed by atoms with Crippen LogP contribution in [0.4, 0.5) is 4.39 Å². The summed E-state index contributed by atoms with van der Waals surface area (Å²) in [6.45, 7) is 0. The maximum atomic E-state index is 13.7. The van der Waals surface area contributed by atoms with E-state index < -0.39 is 0 Å². The van der Waals surface area contributed by atoms with E-state index in [1.165, 1.54) is 18.2 Å². The largest absolute Gasteiger partial charge is 0.271 e. The highest BCUT2D eigenvalue weighted by Crippen LogP contribution is 2.30. The van der Waals surface area contributed by atoms with Crippen LogP contribution in [0, 0.1) is 5.82 Å². The monoisotopic (exact) mass is 318 g/mol. The molecule has 2 atom stereocenters. The number of thioether (sulfide) groups is 1. The fourth-order valence-electron chi connectivity index (χ4n) is 2.15. The standard InChI is InChI=1S/C12H16BrFN2S/c13-9-3-4-10(14)8(6-9)7-11(16-15)12-2-1-5-17-12/h3-4,6,11-12,16H,1-2,5,7,15H2. The van der Waals surface area contributed by atoms with Gasteiger partial charge in [0.1, 0.15) is 5.82 Å². The molecule has 0 saturated carbocycles. The van der Waals surface area contributed by atoms with E-state index in [4.69, 9.17) is 5.84 Å². The molecular weight excluding hydrogens is 303 g/mol. The van der Waals surface area contributed by atoms with Crippen LogP contribution in [0.1, 0.15) is 18.4 Å². The van der Waals surface area contributed by atoms with E-state index in [0.717, 1.165) is 16.5 Å². The van der Waals surface area contributed by atoms with Crippen LogP contribution in [0.3, 0.4) is 0 Å². The fraction of sp³-hybridized carbons (Fsp3) is 0.500. The Kier molecular flexibility index (Phi) is 4.85. The molecule has 17 heavy (non-hydrogen) atoms. The van der Waals surface area contributed by atoms with Crippen LogP contribution in [0.5, 0.6) is 0 Å². The molecule has 0 amide bonds. The third-order valence-corrected chi connectivity index (χ3v) is 5.09. The minimum atomic E-state index is -0.156. The van der Waals surface area contributed by atoms with Crippen molar-refractivity contribution in [3.8, 4) is 0 Å². The van der Waals surface area contributed by atoms with Crippen LogP contribution >= 0.6 is 27.7 Å². The summed E-state index contributed by atoms with van der Waals surface area (Å²) in [6.07, 6.45) is 3.03. The summed E-state index contributed by atoms with van der Waals surface area (Å²) in [7, 11) is 0. The summed E-state index contributed by atoms with van der Waals surface area (Å²) in [5, 5.41) is 0.499. The molecule has 2 nitrogen and oxygen atoms in total. The van der Waals surface area contributed by atoms with Gasteiger partial charge in [0.2, 0.25) is 0 Å². The van der Waals surface area contributed by atoms with Crippen molar-refractivity contribution in [2.45, 2.75) is 30.6 Å². The number of halogens is 2. The Bertz CT molecular complexity index is 383. The second-order valence-electron chi connectivity index (χ2n) is 4.26. The maximum Gasteiger partial charge on any atom is 0.126 e. The van der Waals surface area contributed by atoms with Gasteiger partial charge in [0.25, 0.3) is 0 Å². The van der Waals surface area contributed by atoms with Crippen molar-refractivity contribution in [1.29, 1.82) is 0 Å². The molecule has 1 heterocycles. The van der Waals surface area contributed by atoms with E-state index >= 15 is 0 Å². The minimum absolute atomic E-state index is 0.145. The van der Waals surface area contributed by atoms with Crippen LogP contribution < -0.4 is 11.3 Å². The zero-order chi connectivity index (χ0) is 12.3. The second kappa shape index (κ2) is 6.18. The third kappa shape index (κ3) is 3.44. The Morgan fingerprint density at radius 3 is 3.06 bits per heavy atom. The maximum absolute atomic E-state index is 13.7. The fourth-order valence-corrected chi connectivity index (χ4v) is 3.94. The molecule has 1 aromatic rings. The van der Waals surface area contributed by atoms with E-state index in [-0.39, 0.29) is 11.9 Å². The van der Waals surface area contributed by atoms with Crippen molar-refractivity contribution in [3.05, 3.63) is 34.1 Å². The first kappa shape index (κ1) is 13.3. The first-order valence-electron chi connectivity index (χ1n) is 5.72. The van der Waals surface area contributed by atoms with Crippen molar-refractivity contribution in [3.63, 3.8) is 0 Å². The number of hydrogen-bond donors (Lipinski definition) is 2. The summed E-state index contributed by atoms with van der Waals surface area (Å²) in [5.41, 5.74) is 3.55. The van der Waals surface area contributed by atoms with Crippen LogP contribution in [0.2, 0.25) is 0 Å². The van der Waals surface area contributed by atoms with Crippen molar-refractivity contribution >= 4 is 27.7 Å². The molecule has 3 N–H and O–H groups in total. The van der Waals surface area contributed by atoms with Crippen molar-refractivity contribution in [1.82, 2.24) is 5.43 Å². The number of benzene rings is 1. The van der Waals surface area contributed by atoms with Crippen LogP contribution in [-0.4, -0.2) is 17.0 Å². The summed E-state index contributed by atoms with van der Waals surface area (Å²) < 4.78 is 14.6. The molecule has 1 aliphatic rings. The van der Waals surface area contributed by atoms with Gasteiger partial charge in [-0.25, -0.2) is 4.39 Å². The average molecular weight is 319 g/mol. The molecule has 2 rings (SSSR count). The lowest BCUT2D eigenvalue weighted by Gasteiger charge is -2.22. The third-order valence-electron chi connectivity index (χ3n) is 3.08. The zero-order valence-electron chi connectivity index (χ0n) is 9.46. The Balaban J connectivity index is 2.09. The van der Waals surface area contributed by atoms with Gasteiger partial charge in [-0.1, -0.05) is 15.9 Å². The second-order valence-corrected chi connectivity index (χ2v) is 6.53. The van der Waals surface area contributed by atoms with Crippen LogP contribution in [0.25, 0.3) is 0 Å². The SMILES string of the molecule is NNC(Cc1cc(Br)ccc1F)C1CCCS1. The highest BCUT2D eigenvalue weighted by molar-refractivity contribution is 9.10. The zero-order valence-corrected chi connectivity index (χ0v) is 11.9. The lowest BCUT2D eigenvalue weighted by Crippen LogP contribution is -2.43. The molecule has 5 heteroatoms. The molecule has 0 aromatic heterocycles. The molecule has 0 bridgehead atoms. The van der Waals surface area contributed by atoms with Gasteiger partial charge < -0.3 is 0 Å². The van der Waals surface area contributed by atoms with Crippen LogP contribution in [-0.2, 0) is 6.42 Å². The molecular formula is C12H16BrFN2S. The Morgan fingerprint density at radius 1 is 1.59 bits per heavy atom. The lowest BCUT2D eigenvalue weighted by molar-refractivity contribution is 0.484. The Morgan fingerprint density at radius 2 is 2.41 bits per heavy atom. The number of rotatable bonds is 4. The predicted octanol–water partition coefficient (Wildman–Crippen LogP) is 2.86. The molecule has 0 aliphatic carbocycles. The van der Waals surface area contributed by atoms with E-state index in [1.54, 1.807) is 6.07 Å². The summed E-state index contributed by atoms with van der Waals surface area (Å²) in [5.74, 6) is 6.62. The van der Waals surface area contributed by atoms with E-state index in [2.05, 4.69) is 21.4 Å². The predicted molar refractivity (Wildman–Crippen MR) is 74.4 cm³/mol. The molecule has 2 unspecified atom stereocenters. The van der Waals surface area contributed by atoms with Gasteiger partial charge in [0, 0.05) is 15.8 Å². The highest BCUT2D eigenvalue weighted by Gasteiger charge is 2.25. The first-order valence-corrected chi connectivity index (χ1v) is 7.56. The van der Waals surface area contributed by atoms with Crippen LogP contribution in [0.15, 0.2) is 22.7 Å². The molecule has 94 valence electrons. The molecule has 1 saturated heterocycles. The molecule has 1 aromatic carbocycles. The van der Waals surface area contributed by atoms with E-state index in [1.807, 2.05) is 17.8 Å². The summed E-state index contributed by atoms with van der Waals surface area (Å²) in [4.78, 5) is 0. The van der Waals surface area contributed by atoms with Gasteiger partial charge in [-0.05, 0) is 48.8 Å². The molecule has 0 spiro atoms. The highest BCUT2D eigenvalue weighted by atomic mass is 79.9. The number of nitrogens with one attached hydrogen (secondary N) is 1. The first-order chi connectivity index (χ1) is 8.20. The lowest BCUT2D eigenvalue weighted by atomic mass is 10.0. The van der Waals surface area contributed by atoms with E-state index in [0.29, 0.717) is 11.7 Å². The van der Waals surface area contributed by atoms with Crippen molar-refractivity contribution < 1.29 is 4.39 Å². The van der Waals surface area contributed by atoms with Gasteiger partial charge in [-0.2, -0.15) is 11.8 Å².